The minimum absolute atomic E-state index is 0.0524. The van der Waals surface area contributed by atoms with E-state index in [1.807, 2.05) is 31.2 Å². The maximum absolute atomic E-state index is 11.6. The second-order valence-corrected chi connectivity index (χ2v) is 5.41. The molecule has 0 spiro atoms. The van der Waals surface area contributed by atoms with Crippen LogP contribution in [0, 0.1) is 0 Å². The Balaban J connectivity index is 1.80. The van der Waals surface area contributed by atoms with Gasteiger partial charge in [0.15, 0.2) is 0 Å². The molecule has 1 saturated carbocycles. The van der Waals surface area contributed by atoms with Gasteiger partial charge in [-0.2, -0.15) is 0 Å². The van der Waals surface area contributed by atoms with Crippen LogP contribution in [0.4, 0.5) is 0 Å². The first-order chi connectivity index (χ1) is 8.15. The van der Waals surface area contributed by atoms with Gasteiger partial charge < -0.3 is 10.6 Å². The monoisotopic (exact) mass is 296 g/mol. The van der Waals surface area contributed by atoms with Crippen molar-refractivity contribution in [3.63, 3.8) is 0 Å². The third kappa shape index (κ3) is 4.13. The Labute approximate surface area is 110 Å². The van der Waals surface area contributed by atoms with E-state index in [9.17, 15) is 4.79 Å². The van der Waals surface area contributed by atoms with Crippen LogP contribution in [-0.2, 0) is 4.79 Å². The Hall–Kier alpha value is -0.870. The summed E-state index contributed by atoms with van der Waals surface area (Å²) in [5, 5.41) is 6.18. The van der Waals surface area contributed by atoms with Gasteiger partial charge in [0.25, 0.3) is 0 Å². The smallest absolute Gasteiger partial charge is 0.234 e. The fourth-order valence-corrected chi connectivity index (χ4v) is 1.92. The number of halogens is 1. The molecular formula is C13H17BrN2O. The SMILES string of the molecule is CC(NC(=O)CNC1CC1)c1ccc(Br)cc1. The second-order valence-electron chi connectivity index (χ2n) is 4.50. The third-order valence-corrected chi connectivity index (χ3v) is 3.40. The lowest BCUT2D eigenvalue weighted by Gasteiger charge is -2.14. The molecule has 0 aromatic heterocycles. The first kappa shape index (κ1) is 12.6. The normalized spacial score (nSPS) is 16.6. The standard InChI is InChI=1S/C13H17BrN2O/c1-9(10-2-4-11(14)5-3-10)16-13(17)8-15-12-6-7-12/h2-5,9,12,15H,6-8H2,1H3,(H,16,17). The van der Waals surface area contributed by atoms with E-state index >= 15 is 0 Å². The molecule has 0 bridgehead atoms. The molecule has 0 saturated heterocycles. The summed E-state index contributed by atoms with van der Waals surface area (Å²) in [4.78, 5) is 11.6. The van der Waals surface area contributed by atoms with Crippen molar-refractivity contribution in [3.05, 3.63) is 34.3 Å². The van der Waals surface area contributed by atoms with Crippen LogP contribution in [-0.4, -0.2) is 18.5 Å². The van der Waals surface area contributed by atoms with E-state index < -0.39 is 0 Å². The molecule has 92 valence electrons. The summed E-state index contributed by atoms with van der Waals surface area (Å²) in [5.74, 6) is 0.0623. The molecule has 1 aliphatic rings. The molecule has 0 aliphatic heterocycles. The summed E-state index contributed by atoms with van der Waals surface area (Å²) >= 11 is 3.40. The highest BCUT2D eigenvalue weighted by atomic mass is 79.9. The number of carbonyl (C=O) groups is 1. The molecule has 1 fully saturated rings. The van der Waals surface area contributed by atoms with E-state index in [1.165, 1.54) is 12.8 Å². The summed E-state index contributed by atoms with van der Waals surface area (Å²) in [7, 11) is 0. The fourth-order valence-electron chi connectivity index (χ4n) is 1.65. The molecule has 2 rings (SSSR count). The van der Waals surface area contributed by atoms with Gasteiger partial charge >= 0.3 is 0 Å². The van der Waals surface area contributed by atoms with Crippen LogP contribution < -0.4 is 10.6 Å². The van der Waals surface area contributed by atoms with Gasteiger partial charge in [-0.15, -0.1) is 0 Å². The highest BCUT2D eigenvalue weighted by Gasteiger charge is 2.21. The number of carbonyl (C=O) groups excluding carboxylic acids is 1. The minimum atomic E-state index is 0.0524. The highest BCUT2D eigenvalue weighted by Crippen LogP contribution is 2.18. The summed E-state index contributed by atoms with van der Waals surface area (Å²) in [6, 6.07) is 8.63. The number of hydrogen-bond donors (Lipinski definition) is 2. The zero-order valence-electron chi connectivity index (χ0n) is 9.87. The van der Waals surface area contributed by atoms with Crippen molar-refractivity contribution in [2.75, 3.05) is 6.54 Å². The van der Waals surface area contributed by atoms with Gasteiger partial charge in [-0.25, -0.2) is 0 Å². The van der Waals surface area contributed by atoms with E-state index in [2.05, 4.69) is 26.6 Å². The molecule has 2 N–H and O–H groups in total. The number of rotatable bonds is 5. The summed E-state index contributed by atoms with van der Waals surface area (Å²) in [6.45, 7) is 2.42. The summed E-state index contributed by atoms with van der Waals surface area (Å²) in [6.07, 6.45) is 2.41. The zero-order valence-corrected chi connectivity index (χ0v) is 11.5. The van der Waals surface area contributed by atoms with Crippen molar-refractivity contribution in [3.8, 4) is 0 Å². The minimum Gasteiger partial charge on any atom is -0.348 e. The first-order valence-electron chi connectivity index (χ1n) is 5.93. The van der Waals surface area contributed by atoms with Crippen molar-refractivity contribution in [1.82, 2.24) is 10.6 Å². The van der Waals surface area contributed by atoms with Gasteiger partial charge in [0.05, 0.1) is 12.6 Å². The Morgan fingerprint density at radius 3 is 2.65 bits per heavy atom. The van der Waals surface area contributed by atoms with Gasteiger partial charge in [0, 0.05) is 10.5 Å². The third-order valence-electron chi connectivity index (χ3n) is 2.88. The average Bonchev–Trinajstić information content (AvgIpc) is 3.11. The zero-order chi connectivity index (χ0) is 12.3. The van der Waals surface area contributed by atoms with Gasteiger partial charge in [-0.1, -0.05) is 28.1 Å². The molecule has 17 heavy (non-hydrogen) atoms. The summed E-state index contributed by atoms with van der Waals surface area (Å²) < 4.78 is 1.05. The molecule has 4 heteroatoms. The molecule has 1 aromatic rings. The van der Waals surface area contributed by atoms with Crippen LogP contribution in [0.25, 0.3) is 0 Å². The topological polar surface area (TPSA) is 41.1 Å². The van der Waals surface area contributed by atoms with Crippen molar-refractivity contribution in [2.45, 2.75) is 31.8 Å². The molecule has 1 unspecified atom stereocenters. The fraction of sp³-hybridized carbons (Fsp3) is 0.462. The molecule has 0 radical (unpaired) electrons. The second kappa shape index (κ2) is 5.65. The molecule has 1 aromatic carbocycles. The van der Waals surface area contributed by atoms with Gasteiger partial charge in [-0.05, 0) is 37.5 Å². The predicted octanol–water partition coefficient (Wildman–Crippen LogP) is 2.38. The predicted molar refractivity (Wildman–Crippen MR) is 71.7 cm³/mol. The van der Waals surface area contributed by atoms with E-state index in [0.717, 1.165) is 10.0 Å². The number of hydrogen-bond acceptors (Lipinski definition) is 2. The lowest BCUT2D eigenvalue weighted by atomic mass is 10.1. The Bertz CT molecular complexity index is 387. The van der Waals surface area contributed by atoms with Crippen LogP contribution >= 0.6 is 15.9 Å². The first-order valence-corrected chi connectivity index (χ1v) is 6.72. The van der Waals surface area contributed by atoms with Gasteiger partial charge in [0.1, 0.15) is 0 Å². The van der Waals surface area contributed by atoms with Gasteiger partial charge in [-0.3, -0.25) is 4.79 Å². The van der Waals surface area contributed by atoms with Crippen LogP contribution in [0.15, 0.2) is 28.7 Å². The van der Waals surface area contributed by atoms with E-state index in [1.54, 1.807) is 0 Å². The Morgan fingerprint density at radius 1 is 1.41 bits per heavy atom. The Kier molecular flexibility index (Phi) is 4.18. The molecular weight excluding hydrogens is 280 g/mol. The maximum Gasteiger partial charge on any atom is 0.234 e. The van der Waals surface area contributed by atoms with Crippen molar-refractivity contribution in [2.24, 2.45) is 0 Å². The molecule has 3 nitrogen and oxygen atoms in total. The number of benzene rings is 1. The average molecular weight is 297 g/mol. The van der Waals surface area contributed by atoms with E-state index in [4.69, 9.17) is 0 Å². The van der Waals surface area contributed by atoms with E-state index in [-0.39, 0.29) is 11.9 Å². The van der Waals surface area contributed by atoms with E-state index in [0.29, 0.717) is 12.6 Å². The van der Waals surface area contributed by atoms with Crippen LogP contribution in [0.5, 0.6) is 0 Å². The number of nitrogens with one attached hydrogen (secondary N) is 2. The Morgan fingerprint density at radius 2 is 2.06 bits per heavy atom. The largest absolute Gasteiger partial charge is 0.348 e. The quantitative estimate of drug-likeness (QED) is 0.876. The summed E-state index contributed by atoms with van der Waals surface area (Å²) in [5.41, 5.74) is 1.12. The van der Waals surface area contributed by atoms with Crippen LogP contribution in [0.3, 0.4) is 0 Å². The van der Waals surface area contributed by atoms with Gasteiger partial charge in [0.2, 0.25) is 5.91 Å². The van der Waals surface area contributed by atoms with Crippen LogP contribution in [0.2, 0.25) is 0 Å². The highest BCUT2D eigenvalue weighted by molar-refractivity contribution is 9.10. The van der Waals surface area contributed by atoms with Crippen molar-refractivity contribution in [1.29, 1.82) is 0 Å². The lowest BCUT2D eigenvalue weighted by molar-refractivity contribution is -0.120. The molecule has 1 amide bonds. The molecule has 0 heterocycles. The van der Waals surface area contributed by atoms with Crippen molar-refractivity contribution >= 4 is 21.8 Å². The van der Waals surface area contributed by atoms with Crippen molar-refractivity contribution < 1.29 is 4.79 Å². The molecule has 1 aliphatic carbocycles. The number of amides is 1. The molecule has 1 atom stereocenters. The maximum atomic E-state index is 11.6. The van der Waals surface area contributed by atoms with Crippen LogP contribution in [0.1, 0.15) is 31.4 Å². The lowest BCUT2D eigenvalue weighted by Crippen LogP contribution is -2.36.